The Balaban J connectivity index is 3.72. The lowest BCUT2D eigenvalue weighted by Crippen LogP contribution is -2.31. The number of hydrogen-bond donors (Lipinski definition) is 0. The summed E-state index contributed by atoms with van der Waals surface area (Å²) in [7, 11) is 0. The normalized spacial score (nSPS) is 13.8. The summed E-state index contributed by atoms with van der Waals surface area (Å²) in [4.78, 5) is 0. The van der Waals surface area contributed by atoms with Gasteiger partial charge in [-0.3, -0.25) is 0 Å². The van der Waals surface area contributed by atoms with E-state index in [0.29, 0.717) is 19.8 Å². The molecule has 3 heteroatoms. The van der Waals surface area contributed by atoms with E-state index in [-0.39, 0.29) is 12.4 Å². The van der Waals surface area contributed by atoms with Gasteiger partial charge in [0.1, 0.15) is 6.10 Å². The van der Waals surface area contributed by atoms with Crippen LogP contribution in [0.5, 0.6) is 0 Å². The van der Waals surface area contributed by atoms with Crippen molar-refractivity contribution in [2.75, 3.05) is 19.8 Å². The molecule has 0 spiro atoms. The fourth-order valence-electron chi connectivity index (χ4n) is 0.989. The molecule has 1 atom stereocenters. The van der Waals surface area contributed by atoms with E-state index in [1.54, 1.807) is 0 Å². The first-order valence-electron chi connectivity index (χ1n) is 4.61. The summed E-state index contributed by atoms with van der Waals surface area (Å²) >= 11 is 0. The van der Waals surface area contributed by atoms with Crippen molar-refractivity contribution >= 4 is 0 Å². The number of hydrogen-bond acceptors (Lipinski definition) is 3. The van der Waals surface area contributed by atoms with Crippen LogP contribution < -0.4 is 0 Å². The fourth-order valence-corrected chi connectivity index (χ4v) is 0.989. The molecule has 0 N–H and O–H groups in total. The van der Waals surface area contributed by atoms with Gasteiger partial charge < -0.3 is 14.2 Å². The molecule has 0 bridgehead atoms. The maximum absolute atomic E-state index is 5.36. The third-order valence-electron chi connectivity index (χ3n) is 1.47. The van der Waals surface area contributed by atoms with Crippen molar-refractivity contribution < 1.29 is 14.2 Å². The molecule has 0 saturated carbocycles. The monoisotopic (exact) mass is 176 g/mol. The van der Waals surface area contributed by atoms with Crippen LogP contribution in [-0.4, -0.2) is 32.2 Å². The topological polar surface area (TPSA) is 27.7 Å². The number of ether oxygens (including phenoxy) is 3. The van der Waals surface area contributed by atoms with E-state index in [1.165, 1.54) is 0 Å². The van der Waals surface area contributed by atoms with Crippen molar-refractivity contribution in [3.05, 3.63) is 0 Å². The van der Waals surface area contributed by atoms with Crippen molar-refractivity contribution in [1.82, 2.24) is 0 Å². The summed E-state index contributed by atoms with van der Waals surface area (Å²) in [6.45, 7) is 9.82. The van der Waals surface area contributed by atoms with Gasteiger partial charge in [0.2, 0.25) is 0 Å². The molecule has 0 aliphatic carbocycles. The molecule has 0 amide bonds. The van der Waals surface area contributed by atoms with E-state index in [2.05, 4.69) is 0 Å². The molecule has 0 aromatic heterocycles. The smallest absolute Gasteiger partial charge is 0.183 e. The second-order valence-corrected chi connectivity index (χ2v) is 2.44. The molecule has 0 rings (SSSR count). The molecule has 0 radical (unpaired) electrons. The zero-order valence-corrected chi connectivity index (χ0v) is 8.50. The summed E-state index contributed by atoms with van der Waals surface area (Å²) in [5.41, 5.74) is 0. The minimum absolute atomic E-state index is 0.00917. The highest BCUT2D eigenvalue weighted by Crippen LogP contribution is 2.05. The van der Waals surface area contributed by atoms with Crippen LogP contribution >= 0.6 is 0 Å². The van der Waals surface area contributed by atoms with Crippen molar-refractivity contribution in [2.24, 2.45) is 0 Å². The van der Waals surface area contributed by atoms with E-state index in [9.17, 15) is 0 Å². The summed E-state index contributed by atoms with van der Waals surface area (Å²) in [5.74, 6) is 0. The van der Waals surface area contributed by atoms with Crippen LogP contribution in [0.1, 0.15) is 27.7 Å². The average molecular weight is 176 g/mol. The Kier molecular flexibility index (Phi) is 7.45. The SMILES string of the molecule is CCOC(C)C(OCC)OCC. The first kappa shape index (κ1) is 11.9. The van der Waals surface area contributed by atoms with E-state index in [0.717, 1.165) is 0 Å². The van der Waals surface area contributed by atoms with E-state index in [4.69, 9.17) is 14.2 Å². The highest BCUT2D eigenvalue weighted by molar-refractivity contribution is 4.54. The molecule has 74 valence electrons. The maximum Gasteiger partial charge on any atom is 0.183 e. The van der Waals surface area contributed by atoms with Crippen LogP contribution in [0, 0.1) is 0 Å². The third kappa shape index (κ3) is 4.70. The fraction of sp³-hybridized carbons (Fsp3) is 1.00. The molecule has 0 heterocycles. The Morgan fingerprint density at radius 1 is 0.833 bits per heavy atom. The van der Waals surface area contributed by atoms with Crippen molar-refractivity contribution in [1.29, 1.82) is 0 Å². The van der Waals surface area contributed by atoms with Gasteiger partial charge in [0.25, 0.3) is 0 Å². The number of rotatable bonds is 7. The Morgan fingerprint density at radius 3 is 1.58 bits per heavy atom. The molecule has 0 saturated heterocycles. The summed E-state index contributed by atoms with van der Waals surface area (Å²) < 4.78 is 16.1. The minimum Gasteiger partial charge on any atom is -0.374 e. The Labute approximate surface area is 75.0 Å². The van der Waals surface area contributed by atoms with E-state index in [1.807, 2.05) is 27.7 Å². The second kappa shape index (κ2) is 7.53. The van der Waals surface area contributed by atoms with Gasteiger partial charge in [-0.05, 0) is 27.7 Å². The Hall–Kier alpha value is -0.120. The van der Waals surface area contributed by atoms with Gasteiger partial charge in [-0.2, -0.15) is 0 Å². The molecule has 3 nitrogen and oxygen atoms in total. The lowest BCUT2D eigenvalue weighted by molar-refractivity contribution is -0.197. The molecule has 1 unspecified atom stereocenters. The average Bonchev–Trinajstić information content (AvgIpc) is 2.04. The van der Waals surface area contributed by atoms with Gasteiger partial charge in [0, 0.05) is 19.8 Å². The van der Waals surface area contributed by atoms with Crippen molar-refractivity contribution in [3.63, 3.8) is 0 Å². The largest absolute Gasteiger partial charge is 0.374 e. The summed E-state index contributed by atoms with van der Waals surface area (Å²) in [6, 6.07) is 0. The van der Waals surface area contributed by atoms with Crippen molar-refractivity contribution in [2.45, 2.75) is 40.1 Å². The van der Waals surface area contributed by atoms with Crippen LogP contribution in [0.3, 0.4) is 0 Å². The predicted octanol–water partition coefficient (Wildman–Crippen LogP) is 1.81. The molecule has 0 aliphatic heterocycles. The first-order chi connectivity index (χ1) is 5.76. The van der Waals surface area contributed by atoms with Gasteiger partial charge >= 0.3 is 0 Å². The van der Waals surface area contributed by atoms with Gasteiger partial charge in [0.05, 0.1) is 0 Å². The zero-order chi connectivity index (χ0) is 9.40. The van der Waals surface area contributed by atoms with Gasteiger partial charge in [-0.15, -0.1) is 0 Å². The minimum atomic E-state index is -0.222. The molecule has 12 heavy (non-hydrogen) atoms. The summed E-state index contributed by atoms with van der Waals surface area (Å²) in [6.07, 6.45) is -0.213. The molecular formula is C9H20O3. The predicted molar refractivity (Wildman–Crippen MR) is 48.1 cm³/mol. The van der Waals surface area contributed by atoms with Gasteiger partial charge in [0.15, 0.2) is 6.29 Å². The lowest BCUT2D eigenvalue weighted by atomic mass is 10.4. The van der Waals surface area contributed by atoms with Crippen LogP contribution in [0.15, 0.2) is 0 Å². The van der Waals surface area contributed by atoms with Gasteiger partial charge in [-0.25, -0.2) is 0 Å². The van der Waals surface area contributed by atoms with Crippen LogP contribution in [0.25, 0.3) is 0 Å². The molecular weight excluding hydrogens is 156 g/mol. The quantitative estimate of drug-likeness (QED) is 0.554. The van der Waals surface area contributed by atoms with Crippen LogP contribution in [0.4, 0.5) is 0 Å². The first-order valence-corrected chi connectivity index (χ1v) is 4.61. The van der Waals surface area contributed by atoms with Crippen LogP contribution in [0.2, 0.25) is 0 Å². The third-order valence-corrected chi connectivity index (χ3v) is 1.47. The maximum atomic E-state index is 5.36. The second-order valence-electron chi connectivity index (χ2n) is 2.44. The summed E-state index contributed by atoms with van der Waals surface area (Å²) in [5, 5.41) is 0. The molecule has 0 aromatic carbocycles. The van der Waals surface area contributed by atoms with Crippen LogP contribution in [-0.2, 0) is 14.2 Å². The zero-order valence-electron chi connectivity index (χ0n) is 8.50. The van der Waals surface area contributed by atoms with E-state index < -0.39 is 0 Å². The standard InChI is InChI=1S/C9H20O3/c1-5-10-8(4)9(11-6-2)12-7-3/h8-9H,5-7H2,1-4H3. The Morgan fingerprint density at radius 2 is 1.25 bits per heavy atom. The molecule has 0 fully saturated rings. The lowest BCUT2D eigenvalue weighted by Gasteiger charge is -2.23. The molecule has 0 aliphatic rings. The highest BCUT2D eigenvalue weighted by Gasteiger charge is 2.16. The molecule has 0 aromatic rings. The van der Waals surface area contributed by atoms with Crippen molar-refractivity contribution in [3.8, 4) is 0 Å². The van der Waals surface area contributed by atoms with E-state index >= 15 is 0 Å². The Bertz CT molecular complexity index is 89.8. The highest BCUT2D eigenvalue weighted by atomic mass is 16.7. The van der Waals surface area contributed by atoms with Gasteiger partial charge in [-0.1, -0.05) is 0 Å².